The van der Waals surface area contributed by atoms with Crippen LogP contribution in [0, 0.1) is 5.82 Å². The summed E-state index contributed by atoms with van der Waals surface area (Å²) in [6.45, 7) is 4.68. The minimum atomic E-state index is -4.57. The molecule has 3 aromatic heterocycles. The number of nitrogens with one attached hydrogen (secondary N) is 1. The maximum atomic E-state index is 17.1. The highest BCUT2D eigenvalue weighted by atomic mass is 35.5. The molecule has 53 heavy (non-hydrogen) atoms. The normalized spacial score (nSPS) is 13.5. The Morgan fingerprint density at radius 1 is 1.02 bits per heavy atom. The van der Waals surface area contributed by atoms with E-state index in [2.05, 4.69) is 28.8 Å². The fourth-order valence-electron chi connectivity index (χ4n) is 7.18. The van der Waals surface area contributed by atoms with Crippen molar-refractivity contribution < 1.29 is 27.5 Å². The van der Waals surface area contributed by atoms with Crippen molar-refractivity contribution in [2.45, 2.75) is 58.3 Å². The molecule has 7 rings (SSSR count). The Kier molecular flexibility index (Phi) is 10.5. The number of rotatable bonds is 10. The van der Waals surface area contributed by atoms with Crippen molar-refractivity contribution in [3.05, 3.63) is 119 Å². The first-order valence-electron chi connectivity index (χ1n) is 17.2. The third kappa shape index (κ3) is 6.93. The van der Waals surface area contributed by atoms with E-state index in [9.17, 15) is 23.1 Å². The number of aliphatic carboxylic acids is 1. The number of benzene rings is 3. The second kappa shape index (κ2) is 14.9. The second-order valence-electron chi connectivity index (χ2n) is 12.9. The Morgan fingerprint density at radius 3 is 2.32 bits per heavy atom. The van der Waals surface area contributed by atoms with Crippen LogP contribution in [0.4, 0.5) is 29.2 Å². The van der Waals surface area contributed by atoms with Crippen LogP contribution in [0.25, 0.3) is 27.8 Å². The first kappa shape index (κ1) is 37.3. The average Bonchev–Trinajstić information content (AvgIpc) is 3.78. The molecule has 0 bridgehead atoms. The zero-order valence-electron chi connectivity index (χ0n) is 29.3. The van der Waals surface area contributed by atoms with Crippen molar-refractivity contribution in [1.29, 1.82) is 0 Å². The number of H-pyrrole nitrogens is 1. The van der Waals surface area contributed by atoms with Gasteiger partial charge in [0.1, 0.15) is 11.9 Å². The van der Waals surface area contributed by atoms with Crippen molar-refractivity contribution in [2.24, 2.45) is 0 Å². The molecule has 0 saturated heterocycles. The molecular weight excluding hydrogens is 710 g/mol. The van der Waals surface area contributed by atoms with Crippen LogP contribution in [-0.4, -0.2) is 55.4 Å². The summed E-state index contributed by atoms with van der Waals surface area (Å²) in [5.74, 6) is -1.49. The minimum Gasteiger partial charge on any atom is -0.480 e. The van der Waals surface area contributed by atoms with Crippen LogP contribution < -0.4 is 9.80 Å². The number of para-hydroxylation sites is 1. The fourth-order valence-corrected chi connectivity index (χ4v) is 7.18. The van der Waals surface area contributed by atoms with Crippen LogP contribution in [0.5, 0.6) is 0 Å². The van der Waals surface area contributed by atoms with Crippen molar-refractivity contribution in [2.75, 3.05) is 23.4 Å². The number of carboxylic acids is 1. The van der Waals surface area contributed by atoms with Crippen LogP contribution >= 0.6 is 12.4 Å². The highest BCUT2D eigenvalue weighted by molar-refractivity contribution is 6.03. The number of carbonyl (C=O) groups is 1. The van der Waals surface area contributed by atoms with E-state index in [0.717, 1.165) is 40.5 Å². The van der Waals surface area contributed by atoms with Crippen LogP contribution in [-0.2, 0) is 43.2 Å². The molecule has 0 spiro atoms. The van der Waals surface area contributed by atoms with E-state index in [1.54, 1.807) is 29.1 Å². The molecule has 1 unspecified atom stereocenters. The van der Waals surface area contributed by atoms with Gasteiger partial charge in [-0.3, -0.25) is 0 Å². The Bertz CT molecular complexity index is 2230. The maximum absolute atomic E-state index is 17.1. The van der Waals surface area contributed by atoms with Crippen molar-refractivity contribution >= 4 is 40.9 Å². The maximum Gasteiger partial charge on any atom is 0.419 e. The monoisotopic (exact) mass is 747 g/mol. The summed E-state index contributed by atoms with van der Waals surface area (Å²) < 4.78 is 58.9. The molecule has 0 fully saturated rings. The zero-order chi connectivity index (χ0) is 36.7. The molecule has 0 amide bonds. The largest absolute Gasteiger partial charge is 0.480 e. The van der Waals surface area contributed by atoms with Gasteiger partial charge in [0.15, 0.2) is 0 Å². The molecule has 14 heteroatoms. The molecule has 0 saturated carbocycles. The predicted octanol–water partition coefficient (Wildman–Crippen LogP) is 8.21. The number of aryl methyl sites for hydroxylation is 2. The van der Waals surface area contributed by atoms with Crippen molar-refractivity contribution in [3.8, 4) is 16.9 Å². The molecule has 4 heterocycles. The molecule has 6 aromatic rings. The molecule has 1 aliphatic rings. The number of hydrogen-bond donors (Lipinski definition) is 2. The lowest BCUT2D eigenvalue weighted by atomic mass is 9.96. The summed E-state index contributed by atoms with van der Waals surface area (Å²) in [4.78, 5) is 27.3. The fraction of sp³-hybridized carbons (Fsp3) is 0.282. The van der Waals surface area contributed by atoms with E-state index < -0.39 is 29.6 Å². The molecule has 1 atom stereocenters. The predicted molar refractivity (Wildman–Crippen MR) is 199 cm³/mol. The first-order chi connectivity index (χ1) is 25.0. The SMILES string of the molecule is CCc1cccc(CC)c1-n1nc2c(c1-c1c(F)cc(N(C)C(Cc3ccccc3)C(=O)O)c3[nH]ccc13)CN(c1ncc(C(F)(F)F)cn1)CC2.Cl. The number of aromatic amines is 1. The van der Waals surface area contributed by atoms with E-state index in [1.807, 2.05) is 53.2 Å². The average molecular weight is 748 g/mol. The summed E-state index contributed by atoms with van der Waals surface area (Å²) in [5, 5.41) is 15.9. The van der Waals surface area contributed by atoms with Gasteiger partial charge < -0.3 is 19.9 Å². The standard InChI is InChI=1S/C39H37F4N7O2.ClH/c1-4-24-12-9-13-25(5-2)35(24)50-36(28-22-49(17-15-30(28)47-50)38-45-20-26(21-46-38)39(41,42)43)33-27-14-16-44-34(27)31(19-29(33)40)48(3)32(37(51)52)18-23-10-7-6-8-11-23;/h6-14,16,19-21,32,44H,4-5,15,17-18,22H2,1-3H3,(H,51,52);1H. The third-order valence-electron chi connectivity index (χ3n) is 9.88. The number of hydrogen-bond acceptors (Lipinski definition) is 6. The lowest BCUT2D eigenvalue weighted by molar-refractivity contribution is -0.139. The van der Waals surface area contributed by atoms with E-state index in [4.69, 9.17) is 5.10 Å². The van der Waals surface area contributed by atoms with E-state index >= 15 is 4.39 Å². The van der Waals surface area contributed by atoms with Crippen LogP contribution in [0.2, 0.25) is 0 Å². The van der Waals surface area contributed by atoms with E-state index in [-0.39, 0.29) is 36.9 Å². The van der Waals surface area contributed by atoms with Gasteiger partial charge in [-0.15, -0.1) is 12.4 Å². The Hall–Kier alpha value is -5.43. The summed E-state index contributed by atoms with van der Waals surface area (Å²) in [6, 6.07) is 17.5. The topological polar surface area (TPSA) is 103 Å². The van der Waals surface area contributed by atoms with Crippen molar-refractivity contribution in [1.82, 2.24) is 24.7 Å². The lowest BCUT2D eigenvalue weighted by Crippen LogP contribution is -2.40. The van der Waals surface area contributed by atoms with Gasteiger partial charge in [-0.2, -0.15) is 18.3 Å². The zero-order valence-corrected chi connectivity index (χ0v) is 30.1. The Balaban J connectivity index is 0.00000481. The van der Waals surface area contributed by atoms with Crippen LogP contribution in [0.15, 0.2) is 79.3 Å². The summed E-state index contributed by atoms with van der Waals surface area (Å²) in [7, 11) is 1.65. The van der Waals surface area contributed by atoms with Gasteiger partial charge >= 0.3 is 12.1 Å². The molecule has 3 aromatic carbocycles. The molecule has 0 radical (unpaired) electrons. The van der Waals surface area contributed by atoms with Crippen LogP contribution in [0.3, 0.4) is 0 Å². The molecule has 276 valence electrons. The van der Waals surface area contributed by atoms with Gasteiger partial charge in [0.05, 0.1) is 33.8 Å². The smallest absolute Gasteiger partial charge is 0.419 e. The number of likely N-dealkylation sites (N-methyl/N-ethyl adjacent to an activating group) is 1. The van der Waals surface area contributed by atoms with Gasteiger partial charge in [-0.1, -0.05) is 62.4 Å². The number of aromatic nitrogens is 5. The van der Waals surface area contributed by atoms with Gasteiger partial charge in [0, 0.05) is 74.1 Å². The summed E-state index contributed by atoms with van der Waals surface area (Å²) in [5.41, 5.74) is 5.96. The van der Waals surface area contributed by atoms with E-state index in [1.165, 1.54) is 6.07 Å². The van der Waals surface area contributed by atoms with E-state index in [0.29, 0.717) is 53.7 Å². The summed E-state index contributed by atoms with van der Waals surface area (Å²) in [6.07, 6.45) is 0.691. The Morgan fingerprint density at radius 2 is 1.70 bits per heavy atom. The lowest BCUT2D eigenvalue weighted by Gasteiger charge is -2.29. The highest BCUT2D eigenvalue weighted by Gasteiger charge is 2.34. The number of fused-ring (bicyclic) bond motifs is 2. The number of alkyl halides is 3. The number of halogens is 5. The van der Waals surface area contributed by atoms with Crippen LogP contribution in [0.1, 0.15) is 47.4 Å². The molecular formula is C39H38ClF4N7O2. The van der Waals surface area contributed by atoms with Gasteiger partial charge in [0.2, 0.25) is 5.95 Å². The molecule has 0 aliphatic carbocycles. The minimum absolute atomic E-state index is 0. The van der Waals surface area contributed by atoms with Gasteiger partial charge in [-0.05, 0) is 35.6 Å². The number of anilines is 2. The van der Waals surface area contributed by atoms with Crippen molar-refractivity contribution in [3.63, 3.8) is 0 Å². The quantitative estimate of drug-likeness (QED) is 0.136. The Labute approximate surface area is 309 Å². The third-order valence-corrected chi connectivity index (χ3v) is 9.88. The molecule has 9 nitrogen and oxygen atoms in total. The first-order valence-corrected chi connectivity index (χ1v) is 17.2. The van der Waals surface area contributed by atoms with Gasteiger partial charge in [0.25, 0.3) is 0 Å². The van der Waals surface area contributed by atoms with Gasteiger partial charge in [-0.25, -0.2) is 23.8 Å². The summed E-state index contributed by atoms with van der Waals surface area (Å²) >= 11 is 0. The number of nitrogens with zero attached hydrogens (tertiary/aromatic N) is 6. The number of carboxylic acid groups (broad SMARTS) is 1. The molecule has 2 N–H and O–H groups in total. The second-order valence-corrected chi connectivity index (χ2v) is 12.9. The molecule has 1 aliphatic heterocycles. The highest BCUT2D eigenvalue weighted by Crippen LogP contribution is 2.43.